The Labute approximate surface area is 153 Å². The van der Waals surface area contributed by atoms with Crippen molar-refractivity contribution in [3.05, 3.63) is 59.7 Å². The van der Waals surface area contributed by atoms with Crippen molar-refractivity contribution in [3.63, 3.8) is 0 Å². The van der Waals surface area contributed by atoms with Crippen LogP contribution in [0.25, 0.3) is 0 Å². The monoisotopic (exact) mass is 357 g/mol. The van der Waals surface area contributed by atoms with E-state index in [4.69, 9.17) is 14.2 Å². The maximum Gasteiger partial charge on any atom is 0.342 e. The second kappa shape index (κ2) is 9.46. The molecule has 6 heteroatoms. The first-order chi connectivity index (χ1) is 12.5. The number of para-hydroxylation sites is 1. The summed E-state index contributed by atoms with van der Waals surface area (Å²) in [6.07, 6.45) is -0.921. The highest BCUT2D eigenvalue weighted by Crippen LogP contribution is 2.19. The summed E-state index contributed by atoms with van der Waals surface area (Å²) in [6, 6.07) is 14.1. The summed E-state index contributed by atoms with van der Waals surface area (Å²) >= 11 is 0. The Morgan fingerprint density at radius 3 is 2.42 bits per heavy atom. The van der Waals surface area contributed by atoms with Crippen LogP contribution < -0.4 is 14.8 Å². The molecule has 2 rings (SSSR count). The number of carbonyl (C=O) groups is 2. The van der Waals surface area contributed by atoms with Crippen LogP contribution in [-0.2, 0) is 16.1 Å². The maximum absolute atomic E-state index is 12.3. The van der Waals surface area contributed by atoms with Crippen LogP contribution in [0.15, 0.2) is 48.5 Å². The maximum atomic E-state index is 12.3. The lowest BCUT2D eigenvalue weighted by Gasteiger charge is -2.15. The minimum absolute atomic E-state index is 0.296. The molecule has 0 fully saturated rings. The van der Waals surface area contributed by atoms with Gasteiger partial charge in [0.2, 0.25) is 0 Å². The second-order valence-electron chi connectivity index (χ2n) is 5.54. The number of benzene rings is 2. The number of amides is 1. The first-order valence-corrected chi connectivity index (χ1v) is 8.38. The molecule has 0 aliphatic carbocycles. The van der Waals surface area contributed by atoms with Crippen LogP contribution in [-0.4, -0.2) is 31.7 Å². The normalized spacial score (nSPS) is 11.3. The summed E-state index contributed by atoms with van der Waals surface area (Å²) in [5, 5.41) is 2.74. The molecule has 0 radical (unpaired) electrons. The fourth-order valence-electron chi connectivity index (χ4n) is 2.27. The fraction of sp³-hybridized carbons (Fsp3) is 0.300. The fourth-order valence-corrected chi connectivity index (χ4v) is 2.27. The number of ether oxygens (including phenoxy) is 3. The summed E-state index contributed by atoms with van der Waals surface area (Å²) in [4.78, 5) is 24.5. The number of methoxy groups -OCH3 is 1. The molecule has 0 bridgehead atoms. The van der Waals surface area contributed by atoms with Gasteiger partial charge >= 0.3 is 5.97 Å². The third-order valence-electron chi connectivity index (χ3n) is 3.69. The number of hydrogen-bond donors (Lipinski definition) is 1. The van der Waals surface area contributed by atoms with Gasteiger partial charge in [0.15, 0.2) is 6.10 Å². The zero-order valence-corrected chi connectivity index (χ0v) is 15.2. The minimum Gasteiger partial charge on any atom is -0.497 e. The Hall–Kier alpha value is -3.02. The summed E-state index contributed by atoms with van der Waals surface area (Å²) in [6.45, 7) is 4.13. The van der Waals surface area contributed by atoms with Gasteiger partial charge in [-0.2, -0.15) is 0 Å². The van der Waals surface area contributed by atoms with Gasteiger partial charge < -0.3 is 19.5 Å². The largest absolute Gasteiger partial charge is 0.497 e. The van der Waals surface area contributed by atoms with Crippen molar-refractivity contribution in [3.8, 4) is 11.5 Å². The topological polar surface area (TPSA) is 73.9 Å². The molecular formula is C20H23NO5. The van der Waals surface area contributed by atoms with E-state index in [1.54, 1.807) is 31.4 Å². The van der Waals surface area contributed by atoms with Crippen molar-refractivity contribution < 1.29 is 23.8 Å². The van der Waals surface area contributed by atoms with Crippen molar-refractivity contribution >= 4 is 11.9 Å². The van der Waals surface area contributed by atoms with Gasteiger partial charge in [-0.05, 0) is 43.7 Å². The van der Waals surface area contributed by atoms with E-state index in [0.717, 1.165) is 11.3 Å². The lowest BCUT2D eigenvalue weighted by molar-refractivity contribution is -0.129. The Kier molecular flexibility index (Phi) is 7.02. The number of rotatable bonds is 8. The lowest BCUT2D eigenvalue weighted by Crippen LogP contribution is -2.35. The van der Waals surface area contributed by atoms with E-state index >= 15 is 0 Å². The zero-order valence-electron chi connectivity index (χ0n) is 15.2. The van der Waals surface area contributed by atoms with Crippen molar-refractivity contribution in [1.82, 2.24) is 5.32 Å². The summed E-state index contributed by atoms with van der Waals surface area (Å²) in [5.41, 5.74) is 1.21. The number of nitrogens with one attached hydrogen (secondary N) is 1. The molecule has 6 nitrogen and oxygen atoms in total. The van der Waals surface area contributed by atoms with Crippen LogP contribution in [0.2, 0.25) is 0 Å². The molecule has 2 aromatic carbocycles. The highest BCUT2D eigenvalue weighted by Gasteiger charge is 2.21. The van der Waals surface area contributed by atoms with Gasteiger partial charge in [-0.3, -0.25) is 4.79 Å². The molecule has 1 amide bonds. The van der Waals surface area contributed by atoms with Gasteiger partial charge in [0.25, 0.3) is 5.91 Å². The Morgan fingerprint density at radius 2 is 1.77 bits per heavy atom. The Bertz CT molecular complexity index is 742. The molecule has 0 aliphatic heterocycles. The highest BCUT2D eigenvalue weighted by molar-refractivity contribution is 5.94. The molecule has 1 atom stereocenters. The van der Waals surface area contributed by atoms with E-state index in [0.29, 0.717) is 24.5 Å². The molecule has 0 saturated carbocycles. The molecule has 1 N–H and O–H groups in total. The van der Waals surface area contributed by atoms with Crippen molar-refractivity contribution in [2.45, 2.75) is 26.5 Å². The molecule has 26 heavy (non-hydrogen) atoms. The van der Waals surface area contributed by atoms with Crippen molar-refractivity contribution in [1.29, 1.82) is 0 Å². The Morgan fingerprint density at radius 1 is 1.08 bits per heavy atom. The minimum atomic E-state index is -0.921. The molecular weight excluding hydrogens is 334 g/mol. The zero-order chi connectivity index (χ0) is 18.9. The summed E-state index contributed by atoms with van der Waals surface area (Å²) < 4.78 is 15.8. The van der Waals surface area contributed by atoms with Gasteiger partial charge in [0.1, 0.15) is 17.1 Å². The van der Waals surface area contributed by atoms with Crippen LogP contribution in [0.3, 0.4) is 0 Å². The third kappa shape index (κ3) is 5.24. The smallest absolute Gasteiger partial charge is 0.342 e. The lowest BCUT2D eigenvalue weighted by atomic mass is 10.2. The summed E-state index contributed by atoms with van der Waals surface area (Å²) in [7, 11) is 1.59. The average molecular weight is 357 g/mol. The second-order valence-corrected chi connectivity index (χ2v) is 5.54. The van der Waals surface area contributed by atoms with E-state index in [9.17, 15) is 9.59 Å². The van der Waals surface area contributed by atoms with Crippen LogP contribution in [0.5, 0.6) is 11.5 Å². The van der Waals surface area contributed by atoms with E-state index in [-0.39, 0.29) is 5.91 Å². The Balaban J connectivity index is 1.90. The predicted octanol–water partition coefficient (Wildman–Crippen LogP) is 2.96. The van der Waals surface area contributed by atoms with Crippen molar-refractivity contribution in [2.75, 3.05) is 13.7 Å². The van der Waals surface area contributed by atoms with Gasteiger partial charge in [-0.1, -0.05) is 24.3 Å². The van der Waals surface area contributed by atoms with Crippen molar-refractivity contribution in [2.24, 2.45) is 0 Å². The summed E-state index contributed by atoms with van der Waals surface area (Å²) in [5.74, 6) is 0.213. The van der Waals surface area contributed by atoms with Gasteiger partial charge in [0.05, 0.1) is 13.7 Å². The first kappa shape index (κ1) is 19.3. The number of esters is 1. The predicted molar refractivity (Wildman–Crippen MR) is 97.3 cm³/mol. The van der Waals surface area contributed by atoms with E-state index in [1.807, 2.05) is 31.2 Å². The van der Waals surface area contributed by atoms with Gasteiger partial charge in [-0.15, -0.1) is 0 Å². The average Bonchev–Trinajstić information content (AvgIpc) is 2.67. The molecule has 0 saturated heterocycles. The highest BCUT2D eigenvalue weighted by atomic mass is 16.5. The molecule has 0 aliphatic rings. The van der Waals surface area contributed by atoms with E-state index < -0.39 is 12.1 Å². The third-order valence-corrected chi connectivity index (χ3v) is 3.69. The van der Waals surface area contributed by atoms with Gasteiger partial charge in [0, 0.05) is 6.54 Å². The molecule has 0 spiro atoms. The SMILES string of the molecule is CCOc1ccccc1C(=O)O[C@H](C)C(=O)NCc1ccc(OC)cc1. The standard InChI is InChI=1S/C20H23NO5/c1-4-25-18-8-6-5-7-17(18)20(23)26-14(2)19(22)21-13-15-9-11-16(24-3)12-10-15/h5-12,14H,4,13H2,1-3H3,(H,21,22)/t14-/m1/s1. The number of carbonyl (C=O) groups excluding carboxylic acids is 2. The molecule has 138 valence electrons. The van der Waals surface area contributed by atoms with E-state index in [1.165, 1.54) is 6.92 Å². The first-order valence-electron chi connectivity index (χ1n) is 8.38. The number of hydrogen-bond acceptors (Lipinski definition) is 5. The molecule has 0 heterocycles. The molecule has 0 unspecified atom stereocenters. The van der Waals surface area contributed by atoms with Crippen LogP contribution in [0.1, 0.15) is 29.8 Å². The van der Waals surface area contributed by atoms with Gasteiger partial charge in [-0.25, -0.2) is 4.79 Å². The quantitative estimate of drug-likeness (QED) is 0.735. The van der Waals surface area contributed by atoms with Crippen LogP contribution in [0, 0.1) is 0 Å². The van der Waals surface area contributed by atoms with Crippen LogP contribution in [0.4, 0.5) is 0 Å². The van der Waals surface area contributed by atoms with E-state index in [2.05, 4.69) is 5.32 Å². The molecule has 2 aromatic rings. The van der Waals surface area contributed by atoms with Crippen LogP contribution >= 0.6 is 0 Å². The molecule has 0 aromatic heterocycles.